The summed E-state index contributed by atoms with van der Waals surface area (Å²) in [6.45, 7) is 6.56. The van der Waals surface area contributed by atoms with Crippen LogP contribution in [0.5, 0.6) is 0 Å². The van der Waals surface area contributed by atoms with Gasteiger partial charge in [0.15, 0.2) is 0 Å². The topological polar surface area (TPSA) is 73.1 Å². The van der Waals surface area contributed by atoms with Crippen LogP contribution in [0.25, 0.3) is 0 Å². The van der Waals surface area contributed by atoms with Gasteiger partial charge in [0.2, 0.25) is 5.95 Å². The van der Waals surface area contributed by atoms with Crippen molar-refractivity contribution in [3.05, 3.63) is 18.0 Å². The number of hydrogen-bond donors (Lipinski definition) is 2. The van der Waals surface area contributed by atoms with Crippen LogP contribution >= 0.6 is 12.2 Å². The minimum absolute atomic E-state index is 0.278. The molecule has 5 nitrogen and oxygen atoms in total. The van der Waals surface area contributed by atoms with Crippen molar-refractivity contribution in [1.82, 2.24) is 9.97 Å². The Bertz CT molecular complexity index is 384. The van der Waals surface area contributed by atoms with E-state index < -0.39 is 0 Å². The van der Waals surface area contributed by atoms with E-state index in [0.29, 0.717) is 17.6 Å². The molecule has 1 heterocycles. The van der Waals surface area contributed by atoms with Gasteiger partial charge in [-0.05, 0) is 18.4 Å². The third-order valence-electron chi connectivity index (χ3n) is 2.11. The number of nitrogens with one attached hydrogen (secondary N) is 1. The smallest absolute Gasteiger partial charge is 0.223 e. The van der Waals surface area contributed by atoms with Crippen LogP contribution in [0.4, 0.5) is 5.95 Å². The molecule has 3 N–H and O–H groups in total. The molecule has 0 amide bonds. The fraction of sp³-hybridized carbons (Fsp3) is 0.583. The van der Waals surface area contributed by atoms with E-state index in [9.17, 15) is 0 Å². The van der Waals surface area contributed by atoms with E-state index in [0.717, 1.165) is 26.2 Å². The van der Waals surface area contributed by atoms with E-state index >= 15 is 0 Å². The fourth-order valence-corrected chi connectivity index (χ4v) is 1.39. The third kappa shape index (κ3) is 5.88. The second-order valence-corrected chi connectivity index (χ2v) is 4.82. The lowest BCUT2D eigenvalue weighted by atomic mass is 10.2. The van der Waals surface area contributed by atoms with Crippen LogP contribution in [0.2, 0.25) is 0 Å². The standard InChI is InChI=1S/C12H20N4OS/c1-9(2)8-17-7-3-5-14-12-15-6-4-10(16-12)11(13)18/h4,6,9H,3,5,7-8H2,1-2H3,(H2,13,18)(H,14,15,16). The van der Waals surface area contributed by atoms with E-state index in [1.165, 1.54) is 0 Å². The summed E-state index contributed by atoms with van der Waals surface area (Å²) < 4.78 is 5.47. The molecule has 0 unspecified atom stereocenters. The highest BCUT2D eigenvalue weighted by Gasteiger charge is 2.00. The molecule has 0 radical (unpaired) electrons. The zero-order valence-corrected chi connectivity index (χ0v) is 11.7. The third-order valence-corrected chi connectivity index (χ3v) is 2.32. The summed E-state index contributed by atoms with van der Waals surface area (Å²) in [5.74, 6) is 1.12. The first-order valence-electron chi connectivity index (χ1n) is 6.04. The highest BCUT2D eigenvalue weighted by Crippen LogP contribution is 2.00. The minimum atomic E-state index is 0.278. The molecule has 6 heteroatoms. The normalized spacial score (nSPS) is 10.6. The molecular formula is C12H20N4OS. The van der Waals surface area contributed by atoms with Crippen molar-refractivity contribution in [2.75, 3.05) is 25.1 Å². The molecule has 0 spiro atoms. The van der Waals surface area contributed by atoms with E-state index in [1.54, 1.807) is 12.3 Å². The molecule has 18 heavy (non-hydrogen) atoms. The van der Waals surface area contributed by atoms with Crippen molar-refractivity contribution in [3.63, 3.8) is 0 Å². The van der Waals surface area contributed by atoms with E-state index in [1.807, 2.05) is 0 Å². The van der Waals surface area contributed by atoms with Gasteiger partial charge >= 0.3 is 0 Å². The number of nitrogens with two attached hydrogens (primary N) is 1. The number of rotatable bonds is 8. The highest BCUT2D eigenvalue weighted by atomic mass is 32.1. The Kier molecular flexibility index (Phi) is 6.53. The quantitative estimate of drug-likeness (QED) is 0.551. The van der Waals surface area contributed by atoms with Gasteiger partial charge < -0.3 is 15.8 Å². The molecule has 0 saturated carbocycles. The van der Waals surface area contributed by atoms with Gasteiger partial charge in [0.05, 0.1) is 0 Å². The molecule has 0 aliphatic rings. The summed E-state index contributed by atoms with van der Waals surface area (Å²) in [6, 6.07) is 1.69. The lowest BCUT2D eigenvalue weighted by Gasteiger charge is -2.08. The number of hydrogen-bond acceptors (Lipinski definition) is 5. The van der Waals surface area contributed by atoms with Gasteiger partial charge in [-0.25, -0.2) is 9.97 Å². The van der Waals surface area contributed by atoms with Gasteiger partial charge in [0.1, 0.15) is 10.7 Å². The Morgan fingerprint density at radius 2 is 2.33 bits per heavy atom. The van der Waals surface area contributed by atoms with E-state index in [2.05, 4.69) is 29.1 Å². The summed E-state index contributed by atoms with van der Waals surface area (Å²) >= 11 is 4.86. The van der Waals surface area contributed by atoms with Gasteiger partial charge in [-0.1, -0.05) is 26.1 Å². The minimum Gasteiger partial charge on any atom is -0.388 e. The Morgan fingerprint density at radius 1 is 1.56 bits per heavy atom. The fourth-order valence-electron chi connectivity index (χ4n) is 1.27. The largest absolute Gasteiger partial charge is 0.388 e. The molecular weight excluding hydrogens is 248 g/mol. The average Bonchev–Trinajstić information content (AvgIpc) is 2.33. The number of ether oxygens (including phenoxy) is 1. The Balaban J connectivity index is 2.23. The SMILES string of the molecule is CC(C)COCCCNc1nccc(C(N)=S)n1. The van der Waals surface area contributed by atoms with Gasteiger partial charge in [0, 0.05) is 26.0 Å². The predicted octanol–water partition coefficient (Wildman–Crippen LogP) is 1.59. The summed E-state index contributed by atoms with van der Waals surface area (Å²) in [5, 5.41) is 3.11. The first-order valence-corrected chi connectivity index (χ1v) is 6.45. The van der Waals surface area contributed by atoms with Crippen LogP contribution in [0.3, 0.4) is 0 Å². The maximum Gasteiger partial charge on any atom is 0.223 e. The lowest BCUT2D eigenvalue weighted by molar-refractivity contribution is 0.110. The van der Waals surface area contributed by atoms with Crippen LogP contribution < -0.4 is 11.1 Å². The van der Waals surface area contributed by atoms with Crippen molar-refractivity contribution < 1.29 is 4.74 Å². The Morgan fingerprint density at radius 3 is 3.00 bits per heavy atom. The molecule has 0 aliphatic heterocycles. The van der Waals surface area contributed by atoms with E-state index in [-0.39, 0.29) is 4.99 Å². The molecule has 0 bridgehead atoms. The lowest BCUT2D eigenvalue weighted by Crippen LogP contribution is -2.15. The Labute approximate surface area is 113 Å². The molecule has 0 aromatic carbocycles. The molecule has 1 aromatic rings. The second-order valence-electron chi connectivity index (χ2n) is 4.38. The van der Waals surface area contributed by atoms with Crippen LogP contribution in [-0.4, -0.2) is 34.7 Å². The monoisotopic (exact) mass is 268 g/mol. The highest BCUT2D eigenvalue weighted by molar-refractivity contribution is 7.80. The van der Waals surface area contributed by atoms with Crippen molar-refractivity contribution in [3.8, 4) is 0 Å². The van der Waals surface area contributed by atoms with Gasteiger partial charge in [-0.3, -0.25) is 0 Å². The average molecular weight is 268 g/mol. The maximum absolute atomic E-state index is 5.50. The molecule has 0 saturated heterocycles. The van der Waals surface area contributed by atoms with Crippen molar-refractivity contribution in [2.45, 2.75) is 20.3 Å². The van der Waals surface area contributed by atoms with E-state index in [4.69, 9.17) is 22.7 Å². The molecule has 0 aliphatic carbocycles. The first-order chi connectivity index (χ1) is 8.59. The number of anilines is 1. The van der Waals surface area contributed by atoms with Gasteiger partial charge in [-0.2, -0.15) is 0 Å². The molecule has 100 valence electrons. The van der Waals surface area contributed by atoms with Crippen molar-refractivity contribution >= 4 is 23.2 Å². The van der Waals surface area contributed by atoms with Crippen LogP contribution in [0.15, 0.2) is 12.3 Å². The zero-order valence-electron chi connectivity index (χ0n) is 10.8. The summed E-state index contributed by atoms with van der Waals surface area (Å²) in [5.41, 5.74) is 6.08. The second kappa shape index (κ2) is 7.94. The number of nitrogens with zero attached hydrogens (tertiary/aromatic N) is 2. The van der Waals surface area contributed by atoms with Crippen LogP contribution in [-0.2, 0) is 4.74 Å². The van der Waals surface area contributed by atoms with Crippen LogP contribution in [0, 0.1) is 5.92 Å². The first kappa shape index (κ1) is 14.8. The summed E-state index contributed by atoms with van der Waals surface area (Å²) in [6.07, 6.45) is 2.55. The summed E-state index contributed by atoms with van der Waals surface area (Å²) in [4.78, 5) is 8.56. The summed E-state index contributed by atoms with van der Waals surface area (Å²) in [7, 11) is 0. The molecule has 0 fully saturated rings. The van der Waals surface area contributed by atoms with Gasteiger partial charge in [0.25, 0.3) is 0 Å². The molecule has 1 aromatic heterocycles. The van der Waals surface area contributed by atoms with Crippen molar-refractivity contribution in [1.29, 1.82) is 0 Å². The van der Waals surface area contributed by atoms with Crippen LogP contribution in [0.1, 0.15) is 26.0 Å². The molecule has 1 rings (SSSR count). The zero-order chi connectivity index (χ0) is 13.4. The van der Waals surface area contributed by atoms with Gasteiger partial charge in [-0.15, -0.1) is 0 Å². The predicted molar refractivity (Wildman–Crippen MR) is 76.7 cm³/mol. The molecule has 0 atom stereocenters. The number of thiocarbonyl (C=S) groups is 1. The number of aromatic nitrogens is 2. The van der Waals surface area contributed by atoms with Crippen molar-refractivity contribution in [2.24, 2.45) is 11.7 Å². The maximum atomic E-state index is 5.50. The Hall–Kier alpha value is -1.27.